The van der Waals surface area contributed by atoms with Crippen LogP contribution in [-0.2, 0) is 6.54 Å². The zero-order valence-electron chi connectivity index (χ0n) is 12.2. The minimum atomic E-state index is -0.220. The number of aromatic nitrogens is 6. The second-order valence-corrected chi connectivity index (χ2v) is 5.35. The van der Waals surface area contributed by atoms with Crippen LogP contribution < -0.4 is 5.32 Å². The van der Waals surface area contributed by atoms with Gasteiger partial charge in [0.25, 0.3) is 5.91 Å². The van der Waals surface area contributed by atoms with Crippen molar-refractivity contribution in [3.63, 3.8) is 0 Å². The fourth-order valence-corrected chi connectivity index (χ4v) is 2.24. The van der Waals surface area contributed by atoms with Gasteiger partial charge in [0.1, 0.15) is 0 Å². The average molecular weight is 327 g/mol. The highest BCUT2D eigenvalue weighted by molar-refractivity contribution is 7.98. The minimum absolute atomic E-state index is 0.220. The lowest BCUT2D eigenvalue weighted by Crippen LogP contribution is -2.23. The van der Waals surface area contributed by atoms with Crippen molar-refractivity contribution in [2.45, 2.75) is 11.7 Å². The number of thioether (sulfide) groups is 1. The first kappa shape index (κ1) is 15.1. The molecule has 1 aromatic carbocycles. The van der Waals surface area contributed by atoms with E-state index < -0.39 is 0 Å². The lowest BCUT2D eigenvalue weighted by molar-refractivity contribution is 0.0950. The average Bonchev–Trinajstić information content (AvgIpc) is 3.15. The molecule has 2 N–H and O–H groups in total. The predicted molar refractivity (Wildman–Crippen MR) is 84.6 cm³/mol. The normalized spacial score (nSPS) is 10.5. The van der Waals surface area contributed by atoms with Crippen molar-refractivity contribution in [1.82, 2.24) is 35.9 Å². The number of carbonyl (C=O) groups is 1. The third-order valence-corrected chi connectivity index (χ3v) is 3.63. The smallest absolute Gasteiger partial charge is 0.254 e. The number of H-pyrrole nitrogens is 1. The third-order valence-electron chi connectivity index (χ3n) is 3.06. The van der Waals surface area contributed by atoms with Gasteiger partial charge in [-0.1, -0.05) is 30.0 Å². The van der Waals surface area contributed by atoms with Crippen LogP contribution in [0.4, 0.5) is 0 Å². The second kappa shape index (κ2) is 6.97. The van der Waals surface area contributed by atoms with Gasteiger partial charge in [0.15, 0.2) is 5.16 Å². The fraction of sp³-hybridized carbons (Fsp3) is 0.143. The Kier molecular flexibility index (Phi) is 4.57. The lowest BCUT2D eigenvalue weighted by Gasteiger charge is -2.06. The molecule has 0 radical (unpaired) electrons. The highest BCUT2D eigenvalue weighted by Crippen LogP contribution is 2.15. The van der Waals surface area contributed by atoms with E-state index in [-0.39, 0.29) is 5.91 Å². The minimum Gasteiger partial charge on any atom is -0.348 e. The molecule has 0 saturated heterocycles. The van der Waals surface area contributed by atoms with Gasteiger partial charge in [-0.3, -0.25) is 4.79 Å². The molecule has 0 saturated carbocycles. The van der Waals surface area contributed by atoms with Crippen LogP contribution in [-0.4, -0.2) is 42.8 Å². The maximum absolute atomic E-state index is 12.1. The number of aromatic amines is 1. The van der Waals surface area contributed by atoms with E-state index in [4.69, 9.17) is 0 Å². The molecule has 0 fully saturated rings. The van der Waals surface area contributed by atoms with E-state index in [1.807, 2.05) is 30.5 Å². The Balaban J connectivity index is 1.65. The maximum Gasteiger partial charge on any atom is 0.254 e. The fourth-order valence-electron chi connectivity index (χ4n) is 1.93. The molecule has 8 nitrogen and oxygen atoms in total. The van der Waals surface area contributed by atoms with Crippen molar-refractivity contribution < 1.29 is 4.79 Å². The number of hydrogen-bond acceptors (Lipinski definition) is 7. The summed E-state index contributed by atoms with van der Waals surface area (Å²) in [4.78, 5) is 20.3. The zero-order valence-corrected chi connectivity index (χ0v) is 13.0. The van der Waals surface area contributed by atoms with E-state index >= 15 is 0 Å². The predicted octanol–water partition coefficient (Wildman–Crippen LogP) is 1.31. The van der Waals surface area contributed by atoms with Crippen molar-refractivity contribution in [2.75, 3.05) is 6.26 Å². The van der Waals surface area contributed by atoms with Gasteiger partial charge in [0, 0.05) is 24.5 Å². The molecule has 116 valence electrons. The van der Waals surface area contributed by atoms with Gasteiger partial charge in [-0.25, -0.2) is 9.97 Å². The molecule has 9 heteroatoms. The molecular formula is C14H13N7OS. The van der Waals surface area contributed by atoms with E-state index in [2.05, 4.69) is 35.9 Å². The molecule has 3 aromatic rings. The Hall–Kier alpha value is -2.81. The van der Waals surface area contributed by atoms with E-state index in [0.717, 1.165) is 11.1 Å². The molecule has 0 aliphatic rings. The highest BCUT2D eigenvalue weighted by Gasteiger charge is 2.08. The number of amides is 1. The third kappa shape index (κ3) is 3.69. The first-order valence-electron chi connectivity index (χ1n) is 6.73. The Bertz CT molecular complexity index is 789. The summed E-state index contributed by atoms with van der Waals surface area (Å²) in [5.41, 5.74) is 2.19. The molecule has 0 aliphatic heterocycles. The van der Waals surface area contributed by atoms with Gasteiger partial charge in [-0.05, 0) is 23.1 Å². The number of nitrogens with zero attached hydrogens (tertiary/aromatic N) is 5. The molecular weight excluding hydrogens is 314 g/mol. The summed E-state index contributed by atoms with van der Waals surface area (Å²) in [5, 5.41) is 17.3. The Labute approximate surface area is 136 Å². The van der Waals surface area contributed by atoms with Gasteiger partial charge in [-0.15, -0.1) is 10.2 Å². The van der Waals surface area contributed by atoms with E-state index in [1.54, 1.807) is 0 Å². The summed E-state index contributed by atoms with van der Waals surface area (Å²) >= 11 is 1.43. The molecule has 0 bridgehead atoms. The summed E-state index contributed by atoms with van der Waals surface area (Å²) in [6, 6.07) is 7.57. The summed E-state index contributed by atoms with van der Waals surface area (Å²) in [6.45, 7) is 0.384. The van der Waals surface area contributed by atoms with Gasteiger partial charge >= 0.3 is 0 Å². The van der Waals surface area contributed by atoms with Gasteiger partial charge in [0.05, 0.1) is 5.56 Å². The van der Waals surface area contributed by atoms with Crippen LogP contribution in [0, 0.1) is 0 Å². The monoisotopic (exact) mass is 327 g/mol. The van der Waals surface area contributed by atoms with E-state index in [0.29, 0.717) is 23.1 Å². The van der Waals surface area contributed by atoms with Crippen molar-refractivity contribution in [3.05, 3.63) is 47.8 Å². The summed E-state index contributed by atoms with van der Waals surface area (Å²) in [6.07, 6.45) is 4.92. The number of hydrogen-bond donors (Lipinski definition) is 2. The number of rotatable bonds is 5. The van der Waals surface area contributed by atoms with Crippen molar-refractivity contribution >= 4 is 17.7 Å². The zero-order chi connectivity index (χ0) is 16.1. The van der Waals surface area contributed by atoms with Crippen LogP contribution in [0.15, 0.2) is 41.8 Å². The SMILES string of the molecule is CSc1ncc(C(=O)NCc2cccc(-c3nn[nH]n3)c2)cn1. The summed E-state index contributed by atoms with van der Waals surface area (Å²) < 4.78 is 0. The van der Waals surface area contributed by atoms with Crippen LogP contribution >= 0.6 is 11.8 Å². The van der Waals surface area contributed by atoms with Crippen LogP contribution in [0.5, 0.6) is 0 Å². The number of benzene rings is 1. The Morgan fingerprint density at radius 2 is 2.13 bits per heavy atom. The molecule has 2 heterocycles. The Morgan fingerprint density at radius 3 is 2.83 bits per heavy atom. The van der Waals surface area contributed by atoms with Crippen LogP contribution in [0.3, 0.4) is 0 Å². The molecule has 0 spiro atoms. The van der Waals surface area contributed by atoms with Crippen molar-refractivity contribution in [2.24, 2.45) is 0 Å². The molecule has 23 heavy (non-hydrogen) atoms. The van der Waals surface area contributed by atoms with Gasteiger partial charge < -0.3 is 5.32 Å². The van der Waals surface area contributed by atoms with Crippen molar-refractivity contribution in [1.29, 1.82) is 0 Å². The molecule has 0 aliphatic carbocycles. The number of tetrazole rings is 1. The second-order valence-electron chi connectivity index (χ2n) is 4.58. The molecule has 1 amide bonds. The first-order valence-corrected chi connectivity index (χ1v) is 7.96. The summed E-state index contributed by atoms with van der Waals surface area (Å²) in [7, 11) is 0. The van der Waals surface area contributed by atoms with Gasteiger partial charge in [0.2, 0.25) is 5.82 Å². The molecule has 3 rings (SSSR count). The topological polar surface area (TPSA) is 109 Å². The van der Waals surface area contributed by atoms with Crippen LogP contribution in [0.1, 0.15) is 15.9 Å². The number of nitrogens with one attached hydrogen (secondary N) is 2. The largest absolute Gasteiger partial charge is 0.348 e. The molecule has 0 unspecified atom stereocenters. The van der Waals surface area contributed by atoms with E-state index in [1.165, 1.54) is 24.2 Å². The summed E-state index contributed by atoms with van der Waals surface area (Å²) in [5.74, 6) is 0.293. The van der Waals surface area contributed by atoms with E-state index in [9.17, 15) is 4.79 Å². The van der Waals surface area contributed by atoms with Crippen LogP contribution in [0.25, 0.3) is 11.4 Å². The first-order chi connectivity index (χ1) is 11.3. The number of carbonyl (C=O) groups excluding carboxylic acids is 1. The standard InChI is InChI=1S/C14H13N7OS/c1-23-14-16-7-11(8-17-14)13(22)15-6-9-3-2-4-10(5-9)12-18-20-21-19-12/h2-5,7-8H,6H2,1H3,(H,15,22)(H,18,19,20,21). The molecule has 2 aromatic heterocycles. The lowest BCUT2D eigenvalue weighted by atomic mass is 10.1. The molecule has 0 atom stereocenters. The highest BCUT2D eigenvalue weighted by atomic mass is 32.2. The van der Waals surface area contributed by atoms with Crippen molar-refractivity contribution in [3.8, 4) is 11.4 Å². The van der Waals surface area contributed by atoms with Crippen LogP contribution in [0.2, 0.25) is 0 Å². The van der Waals surface area contributed by atoms with Gasteiger partial charge in [-0.2, -0.15) is 5.21 Å². The quantitative estimate of drug-likeness (QED) is 0.537. The Morgan fingerprint density at radius 1 is 1.30 bits per heavy atom. The maximum atomic E-state index is 12.1.